The zero-order valence-corrected chi connectivity index (χ0v) is 9.25. The van der Waals surface area contributed by atoms with Crippen LogP contribution >= 0.6 is 0 Å². The highest BCUT2D eigenvalue weighted by molar-refractivity contribution is 5.72. The van der Waals surface area contributed by atoms with Crippen molar-refractivity contribution < 1.29 is 9.90 Å². The fourth-order valence-electron chi connectivity index (χ4n) is 0.945. The minimum atomic E-state index is -0.933. The summed E-state index contributed by atoms with van der Waals surface area (Å²) in [5, 5.41) is 8.33. The van der Waals surface area contributed by atoms with E-state index < -0.39 is 12.0 Å². The minimum absolute atomic E-state index is 0.520. The van der Waals surface area contributed by atoms with Crippen molar-refractivity contribution in [1.29, 1.82) is 0 Å². The Balaban J connectivity index is 0.000000315. The number of carbonyl (C=O) groups is 1. The molecule has 0 aliphatic carbocycles. The van der Waals surface area contributed by atoms with Crippen LogP contribution in [0.25, 0.3) is 0 Å². The van der Waals surface area contributed by atoms with Crippen molar-refractivity contribution in [3.8, 4) is 0 Å². The van der Waals surface area contributed by atoms with Crippen LogP contribution in [-0.2, 0) is 4.79 Å². The second kappa shape index (κ2) is 10.1. The lowest BCUT2D eigenvalue weighted by atomic mass is 10.1. The van der Waals surface area contributed by atoms with E-state index in [-0.39, 0.29) is 0 Å². The van der Waals surface area contributed by atoms with E-state index in [9.17, 15) is 4.79 Å². The Bertz CT molecular complexity index is 240. The number of unbranched alkanes of at least 4 members (excludes halogenated alkanes) is 1. The lowest BCUT2D eigenvalue weighted by molar-refractivity contribution is -0.138. The van der Waals surface area contributed by atoms with Crippen molar-refractivity contribution in [3.63, 3.8) is 0 Å². The highest BCUT2D eigenvalue weighted by Crippen LogP contribution is 1.96. The van der Waals surface area contributed by atoms with Gasteiger partial charge in [0.15, 0.2) is 0 Å². The fourth-order valence-corrected chi connectivity index (χ4v) is 0.945. The van der Waals surface area contributed by atoms with Crippen LogP contribution in [0.2, 0.25) is 0 Å². The molecule has 0 aliphatic rings. The number of nitrogens with zero attached hydrogens (tertiary/aromatic N) is 1. The van der Waals surface area contributed by atoms with E-state index >= 15 is 0 Å². The Morgan fingerprint density at radius 3 is 2.19 bits per heavy atom. The third kappa shape index (κ3) is 9.11. The molecule has 1 aromatic heterocycles. The normalized spacial score (nSPS) is 11.1. The maximum atomic E-state index is 10.1. The minimum Gasteiger partial charge on any atom is -0.480 e. The van der Waals surface area contributed by atoms with Crippen molar-refractivity contribution in [3.05, 3.63) is 30.6 Å². The molecule has 1 aromatic rings. The van der Waals surface area contributed by atoms with Gasteiger partial charge in [-0.2, -0.15) is 0 Å². The molecule has 0 fully saturated rings. The molecule has 1 heterocycles. The van der Waals surface area contributed by atoms with Crippen molar-refractivity contribution in [1.82, 2.24) is 4.98 Å². The number of hydrogen-bond donors (Lipinski definition) is 3. The van der Waals surface area contributed by atoms with Crippen molar-refractivity contribution in [2.24, 2.45) is 11.5 Å². The first-order chi connectivity index (χ1) is 7.68. The topological polar surface area (TPSA) is 102 Å². The zero-order chi connectivity index (χ0) is 12.2. The number of aliphatic carboxylic acids is 1. The summed E-state index contributed by atoms with van der Waals surface area (Å²) in [5.74, 6) is -0.933. The predicted molar refractivity (Wildman–Crippen MR) is 62.8 cm³/mol. The van der Waals surface area contributed by atoms with Crippen LogP contribution in [-0.4, -0.2) is 28.6 Å². The number of nitrogens with two attached hydrogens (primary N) is 2. The molecule has 0 saturated carbocycles. The first-order valence-electron chi connectivity index (χ1n) is 5.22. The van der Waals surface area contributed by atoms with Crippen molar-refractivity contribution in [2.75, 3.05) is 6.54 Å². The van der Waals surface area contributed by atoms with Gasteiger partial charge in [0, 0.05) is 12.4 Å². The molecule has 0 radical (unpaired) electrons. The van der Waals surface area contributed by atoms with Crippen LogP contribution in [0.1, 0.15) is 19.3 Å². The zero-order valence-electron chi connectivity index (χ0n) is 9.25. The Hall–Kier alpha value is -1.46. The molecule has 5 nitrogen and oxygen atoms in total. The summed E-state index contributed by atoms with van der Waals surface area (Å²) in [6.07, 6.45) is 5.66. The lowest BCUT2D eigenvalue weighted by Crippen LogP contribution is -2.29. The molecule has 0 aliphatic heterocycles. The van der Waals surface area contributed by atoms with Crippen LogP contribution in [0.3, 0.4) is 0 Å². The van der Waals surface area contributed by atoms with Crippen molar-refractivity contribution in [2.45, 2.75) is 25.3 Å². The Morgan fingerprint density at radius 1 is 1.25 bits per heavy atom. The molecular weight excluding hydrogens is 206 g/mol. The SMILES string of the molecule is NCCCC[C@H](N)C(=O)O.c1ccncc1. The lowest BCUT2D eigenvalue weighted by Gasteiger charge is -2.03. The monoisotopic (exact) mass is 225 g/mol. The van der Waals surface area contributed by atoms with Gasteiger partial charge in [0.2, 0.25) is 0 Å². The van der Waals surface area contributed by atoms with Crippen LogP contribution in [0.15, 0.2) is 30.6 Å². The van der Waals surface area contributed by atoms with Crippen LogP contribution in [0.5, 0.6) is 0 Å². The van der Waals surface area contributed by atoms with Gasteiger partial charge < -0.3 is 16.6 Å². The number of carboxylic acid groups (broad SMARTS) is 1. The molecule has 0 aromatic carbocycles. The summed E-state index contributed by atoms with van der Waals surface area (Å²) in [7, 11) is 0. The van der Waals surface area contributed by atoms with Crippen LogP contribution in [0, 0.1) is 0 Å². The first kappa shape index (κ1) is 14.5. The van der Waals surface area contributed by atoms with E-state index in [0.717, 1.165) is 12.8 Å². The summed E-state index contributed by atoms with van der Waals surface area (Å²) >= 11 is 0. The molecule has 16 heavy (non-hydrogen) atoms. The Labute approximate surface area is 95.5 Å². The fraction of sp³-hybridized carbons (Fsp3) is 0.455. The molecule has 1 atom stereocenters. The van der Waals surface area contributed by atoms with Crippen LogP contribution < -0.4 is 11.5 Å². The van der Waals surface area contributed by atoms with E-state index in [1.54, 1.807) is 12.4 Å². The van der Waals surface area contributed by atoms with E-state index in [1.165, 1.54) is 0 Å². The average Bonchev–Trinajstić information content (AvgIpc) is 2.32. The van der Waals surface area contributed by atoms with E-state index in [4.69, 9.17) is 16.6 Å². The molecular formula is C11H19N3O2. The van der Waals surface area contributed by atoms with E-state index in [1.807, 2.05) is 18.2 Å². The Morgan fingerprint density at radius 2 is 1.88 bits per heavy atom. The van der Waals surface area contributed by atoms with Crippen molar-refractivity contribution >= 4 is 5.97 Å². The molecule has 0 bridgehead atoms. The summed E-state index contributed by atoms with van der Waals surface area (Å²) in [4.78, 5) is 13.9. The number of pyridine rings is 1. The molecule has 5 heteroatoms. The highest BCUT2D eigenvalue weighted by Gasteiger charge is 2.09. The summed E-state index contributed by atoms with van der Waals surface area (Å²) in [6.45, 7) is 0.604. The van der Waals surface area contributed by atoms with Gasteiger partial charge >= 0.3 is 5.97 Å². The number of carboxylic acids is 1. The third-order valence-corrected chi connectivity index (χ3v) is 1.85. The molecule has 1 rings (SSSR count). The predicted octanol–water partition coefficient (Wildman–Crippen LogP) is 0.609. The molecule has 0 amide bonds. The number of aromatic nitrogens is 1. The number of rotatable bonds is 5. The first-order valence-corrected chi connectivity index (χ1v) is 5.22. The van der Waals surface area contributed by atoms with Gasteiger partial charge in [0.1, 0.15) is 6.04 Å². The molecule has 0 saturated heterocycles. The maximum Gasteiger partial charge on any atom is 0.320 e. The number of hydrogen-bond acceptors (Lipinski definition) is 4. The van der Waals surface area contributed by atoms with E-state index in [2.05, 4.69) is 4.98 Å². The summed E-state index contributed by atoms with van der Waals surface area (Å²) in [6, 6.07) is 5.00. The van der Waals surface area contributed by atoms with E-state index in [0.29, 0.717) is 13.0 Å². The van der Waals surface area contributed by atoms with Gasteiger partial charge in [0.25, 0.3) is 0 Å². The standard InChI is InChI=1S/C6H14N2O2.C5H5N/c7-4-2-1-3-5(8)6(9)10;1-2-4-6-5-3-1/h5H,1-4,7-8H2,(H,9,10);1-5H/t5-;/m0./s1. The molecule has 0 spiro atoms. The van der Waals surface area contributed by atoms with Gasteiger partial charge in [-0.3, -0.25) is 9.78 Å². The summed E-state index contributed by atoms with van der Waals surface area (Å²) < 4.78 is 0. The smallest absolute Gasteiger partial charge is 0.320 e. The highest BCUT2D eigenvalue weighted by atomic mass is 16.4. The molecule has 90 valence electrons. The molecule has 5 N–H and O–H groups in total. The van der Waals surface area contributed by atoms with Gasteiger partial charge in [-0.05, 0) is 31.5 Å². The average molecular weight is 225 g/mol. The van der Waals surface area contributed by atoms with Gasteiger partial charge in [-0.15, -0.1) is 0 Å². The quantitative estimate of drug-likeness (QED) is 0.637. The maximum absolute atomic E-state index is 10.1. The molecule has 0 unspecified atom stereocenters. The van der Waals surface area contributed by atoms with Gasteiger partial charge in [-0.1, -0.05) is 12.5 Å². The second-order valence-electron chi connectivity index (χ2n) is 3.25. The third-order valence-electron chi connectivity index (χ3n) is 1.85. The summed E-state index contributed by atoms with van der Waals surface area (Å²) in [5.41, 5.74) is 10.4. The second-order valence-corrected chi connectivity index (χ2v) is 3.25. The Kier molecular flexibility index (Phi) is 9.15. The van der Waals surface area contributed by atoms with Crippen LogP contribution in [0.4, 0.5) is 0 Å². The largest absolute Gasteiger partial charge is 0.480 e. The van der Waals surface area contributed by atoms with Gasteiger partial charge in [-0.25, -0.2) is 0 Å². The van der Waals surface area contributed by atoms with Gasteiger partial charge in [0.05, 0.1) is 0 Å².